The topological polar surface area (TPSA) is 20.9 Å². The lowest BCUT2D eigenvalue weighted by molar-refractivity contribution is -0.500. The van der Waals surface area contributed by atoms with E-state index in [1.807, 2.05) is 6.07 Å². The second kappa shape index (κ2) is 2.94. The van der Waals surface area contributed by atoms with E-state index in [9.17, 15) is 4.21 Å². The van der Waals surface area contributed by atoms with Crippen molar-refractivity contribution in [3.05, 3.63) is 30.6 Å². The molecule has 0 saturated carbocycles. The van der Waals surface area contributed by atoms with Gasteiger partial charge in [-0.1, -0.05) is 10.0 Å². The van der Waals surface area contributed by atoms with Gasteiger partial charge in [-0.2, -0.15) is 4.21 Å². The Morgan fingerprint density at radius 2 is 1.78 bits per heavy atom. The van der Waals surface area contributed by atoms with E-state index in [1.54, 1.807) is 24.5 Å². The Hall–Kier alpha value is -0.410. The van der Waals surface area contributed by atoms with E-state index in [0.717, 1.165) is 0 Å². The standard InChI is InChI=1S/C5H5ClNOS/c6-9(8)7-4-2-1-3-5-7/h1-5H/q+1. The van der Waals surface area contributed by atoms with Crippen molar-refractivity contribution in [2.45, 2.75) is 0 Å². The highest BCUT2D eigenvalue weighted by atomic mass is 35.7. The lowest BCUT2D eigenvalue weighted by atomic mass is 10.5. The summed E-state index contributed by atoms with van der Waals surface area (Å²) in [6.07, 6.45) is 3.28. The number of halogens is 1. The summed E-state index contributed by atoms with van der Waals surface area (Å²) in [6, 6.07) is 5.36. The number of nitrogens with zero attached hydrogens (tertiary/aromatic N) is 1. The fourth-order valence-electron chi connectivity index (χ4n) is 0.479. The van der Waals surface area contributed by atoms with Crippen LogP contribution in [0.25, 0.3) is 0 Å². The van der Waals surface area contributed by atoms with Crippen LogP contribution in [0, 0.1) is 0 Å². The van der Waals surface area contributed by atoms with E-state index < -0.39 is 10.2 Å². The van der Waals surface area contributed by atoms with Crippen molar-refractivity contribution < 1.29 is 8.18 Å². The third-order valence-electron chi connectivity index (χ3n) is 0.854. The Balaban J connectivity index is 2.98. The first-order chi connectivity index (χ1) is 4.30. The number of pyridine rings is 1. The number of aromatic nitrogens is 1. The summed E-state index contributed by atoms with van der Waals surface area (Å²) >= 11 is 0. The van der Waals surface area contributed by atoms with Gasteiger partial charge in [-0.15, -0.1) is 0 Å². The van der Waals surface area contributed by atoms with Crippen LogP contribution in [0.4, 0.5) is 0 Å². The van der Waals surface area contributed by atoms with Crippen LogP contribution < -0.4 is 3.97 Å². The molecule has 0 saturated heterocycles. The molecule has 0 aliphatic carbocycles. The molecule has 0 fully saturated rings. The van der Waals surface area contributed by atoms with E-state index in [4.69, 9.17) is 10.7 Å². The molecular formula is C5H5ClNOS+. The number of hydrogen-bond donors (Lipinski definition) is 0. The van der Waals surface area contributed by atoms with E-state index in [1.165, 1.54) is 3.97 Å². The van der Waals surface area contributed by atoms with Crippen LogP contribution in [0.5, 0.6) is 0 Å². The first-order valence-electron chi connectivity index (χ1n) is 2.35. The molecule has 0 aliphatic heterocycles. The lowest BCUT2D eigenvalue weighted by Gasteiger charge is -1.81. The third-order valence-corrected chi connectivity index (χ3v) is 1.91. The molecule has 0 amide bonds. The monoisotopic (exact) mass is 162 g/mol. The van der Waals surface area contributed by atoms with E-state index >= 15 is 0 Å². The van der Waals surface area contributed by atoms with Crippen molar-refractivity contribution >= 4 is 20.9 Å². The maximum atomic E-state index is 10.5. The van der Waals surface area contributed by atoms with Gasteiger partial charge in [-0.3, -0.25) is 0 Å². The van der Waals surface area contributed by atoms with E-state index in [-0.39, 0.29) is 0 Å². The Kier molecular flexibility index (Phi) is 2.19. The molecule has 1 unspecified atom stereocenters. The van der Waals surface area contributed by atoms with Crippen molar-refractivity contribution in [2.24, 2.45) is 0 Å². The van der Waals surface area contributed by atoms with Crippen LogP contribution in [0.2, 0.25) is 0 Å². The fraction of sp³-hybridized carbons (Fsp3) is 0. The van der Waals surface area contributed by atoms with Gasteiger partial charge < -0.3 is 0 Å². The zero-order valence-corrected chi connectivity index (χ0v) is 6.10. The van der Waals surface area contributed by atoms with Gasteiger partial charge in [-0.05, 0) is 0 Å². The minimum absolute atomic E-state index is 1.40. The maximum Gasteiger partial charge on any atom is 0.390 e. The highest BCUT2D eigenvalue weighted by Gasteiger charge is 2.02. The van der Waals surface area contributed by atoms with Crippen LogP contribution in [0.15, 0.2) is 30.6 Å². The highest BCUT2D eigenvalue weighted by molar-refractivity contribution is 8.02. The molecule has 1 atom stereocenters. The summed E-state index contributed by atoms with van der Waals surface area (Å²) in [4.78, 5) is 0. The van der Waals surface area contributed by atoms with E-state index in [0.29, 0.717) is 0 Å². The van der Waals surface area contributed by atoms with Gasteiger partial charge in [0, 0.05) is 12.1 Å². The lowest BCUT2D eigenvalue weighted by Crippen LogP contribution is -2.32. The predicted octanol–water partition coefficient (Wildman–Crippen LogP) is 0.640. The van der Waals surface area contributed by atoms with Gasteiger partial charge in [0.15, 0.2) is 12.4 Å². The number of hydrogen-bond acceptors (Lipinski definition) is 1. The Bertz CT molecular complexity index is 213. The van der Waals surface area contributed by atoms with Crippen LogP contribution in [0.1, 0.15) is 0 Å². The average Bonchev–Trinajstić information content (AvgIpc) is 1.90. The van der Waals surface area contributed by atoms with Gasteiger partial charge in [-0.25, -0.2) is 0 Å². The molecular weight excluding hydrogens is 158 g/mol. The molecule has 1 heterocycles. The third kappa shape index (κ3) is 1.77. The van der Waals surface area contributed by atoms with Crippen molar-refractivity contribution in [3.63, 3.8) is 0 Å². The maximum absolute atomic E-state index is 10.5. The fourth-order valence-corrected chi connectivity index (χ4v) is 1.09. The second-order valence-corrected chi connectivity index (χ2v) is 3.07. The summed E-state index contributed by atoms with van der Waals surface area (Å²) in [5.74, 6) is 0. The van der Waals surface area contributed by atoms with Crippen LogP contribution in [-0.2, 0) is 10.2 Å². The van der Waals surface area contributed by atoms with Gasteiger partial charge in [0.25, 0.3) is 0 Å². The molecule has 0 spiro atoms. The van der Waals surface area contributed by atoms with Gasteiger partial charge in [0.05, 0.1) is 10.7 Å². The normalized spacial score (nSPS) is 13.0. The van der Waals surface area contributed by atoms with Crippen LogP contribution in [-0.4, -0.2) is 4.21 Å². The molecule has 1 rings (SSSR count). The molecule has 9 heavy (non-hydrogen) atoms. The van der Waals surface area contributed by atoms with Crippen molar-refractivity contribution in [1.29, 1.82) is 0 Å². The largest absolute Gasteiger partial charge is 0.390 e. The molecule has 0 aliphatic rings. The molecule has 48 valence electrons. The van der Waals surface area contributed by atoms with E-state index in [2.05, 4.69) is 0 Å². The zero-order chi connectivity index (χ0) is 6.69. The minimum atomic E-state index is -1.44. The summed E-state index contributed by atoms with van der Waals surface area (Å²) in [6.45, 7) is 0. The first kappa shape index (κ1) is 6.71. The molecule has 0 bridgehead atoms. The number of rotatable bonds is 1. The molecule has 0 N–H and O–H groups in total. The van der Waals surface area contributed by atoms with Crippen molar-refractivity contribution in [1.82, 2.24) is 0 Å². The summed E-state index contributed by atoms with van der Waals surface area (Å²) in [5, 5.41) is 0. The van der Waals surface area contributed by atoms with Crippen LogP contribution >= 0.6 is 10.7 Å². The second-order valence-electron chi connectivity index (χ2n) is 1.44. The van der Waals surface area contributed by atoms with Gasteiger partial charge >= 0.3 is 10.2 Å². The van der Waals surface area contributed by atoms with Gasteiger partial charge in [0.1, 0.15) is 0 Å². The summed E-state index contributed by atoms with van der Waals surface area (Å²) in [5.41, 5.74) is 0. The Labute approximate surface area is 60.2 Å². The zero-order valence-electron chi connectivity index (χ0n) is 4.53. The molecule has 0 aromatic carbocycles. The quantitative estimate of drug-likeness (QED) is 0.439. The van der Waals surface area contributed by atoms with Crippen molar-refractivity contribution in [3.8, 4) is 0 Å². The Morgan fingerprint density at radius 3 is 2.11 bits per heavy atom. The summed E-state index contributed by atoms with van der Waals surface area (Å²) in [7, 11) is 3.80. The SMILES string of the molecule is O=S(Cl)[n+]1ccccc1. The Morgan fingerprint density at radius 1 is 1.22 bits per heavy atom. The molecule has 4 heteroatoms. The minimum Gasteiger partial charge on any atom is -0.169 e. The smallest absolute Gasteiger partial charge is 0.169 e. The molecule has 1 aromatic rings. The first-order valence-corrected chi connectivity index (χ1v) is 4.29. The predicted molar refractivity (Wildman–Crippen MR) is 36.0 cm³/mol. The van der Waals surface area contributed by atoms with Gasteiger partial charge in [0.2, 0.25) is 0 Å². The molecule has 1 aromatic heterocycles. The van der Waals surface area contributed by atoms with Crippen molar-refractivity contribution in [2.75, 3.05) is 0 Å². The highest BCUT2D eigenvalue weighted by Crippen LogP contribution is 1.82. The molecule has 2 nitrogen and oxygen atoms in total. The molecule has 0 radical (unpaired) electrons. The van der Waals surface area contributed by atoms with Crippen LogP contribution in [0.3, 0.4) is 0 Å². The summed E-state index contributed by atoms with van der Waals surface area (Å²) < 4.78 is 11.9. The average molecular weight is 163 g/mol.